The molecule has 0 aromatic heterocycles. The smallest absolute Gasteiger partial charge is 0.0159 e. The molecule has 0 nitrogen and oxygen atoms in total. The van der Waals surface area contributed by atoms with E-state index in [9.17, 15) is 0 Å². The van der Waals surface area contributed by atoms with E-state index in [1.54, 1.807) is 0 Å². The van der Waals surface area contributed by atoms with Crippen LogP contribution in [-0.4, -0.2) is 0 Å². The summed E-state index contributed by atoms with van der Waals surface area (Å²) in [5, 5.41) is 10.2. The highest BCUT2D eigenvalue weighted by Gasteiger charge is 2.37. The van der Waals surface area contributed by atoms with Crippen molar-refractivity contribution in [2.45, 2.75) is 38.5 Å². The molecule has 13 rings (SSSR count). The average molecular weight is 815 g/mol. The van der Waals surface area contributed by atoms with Gasteiger partial charge in [-0.3, -0.25) is 0 Å². The van der Waals surface area contributed by atoms with Crippen molar-refractivity contribution in [1.82, 2.24) is 0 Å². The maximum absolute atomic E-state index is 2.51. The Morgan fingerprint density at radius 3 is 1.38 bits per heavy atom. The van der Waals surface area contributed by atoms with Crippen molar-refractivity contribution in [1.29, 1.82) is 0 Å². The minimum atomic E-state index is -0.190. The fourth-order valence-corrected chi connectivity index (χ4v) is 11.7. The first kappa shape index (κ1) is 37.1. The zero-order valence-corrected chi connectivity index (χ0v) is 36.6. The van der Waals surface area contributed by atoms with Gasteiger partial charge in [0, 0.05) is 10.8 Å². The molecular weight excluding hydrogens is 769 g/mol. The molecule has 0 amide bonds. The van der Waals surface area contributed by atoms with Crippen LogP contribution in [0.2, 0.25) is 0 Å². The quantitative estimate of drug-likeness (QED) is 0.155. The van der Waals surface area contributed by atoms with Gasteiger partial charge in [-0.1, -0.05) is 204 Å². The van der Waals surface area contributed by atoms with Crippen LogP contribution in [-0.2, 0) is 10.8 Å². The van der Waals surface area contributed by atoms with Gasteiger partial charge < -0.3 is 0 Å². The van der Waals surface area contributed by atoms with Gasteiger partial charge in [-0.15, -0.1) is 0 Å². The average Bonchev–Trinajstić information content (AvgIpc) is 3.70. The summed E-state index contributed by atoms with van der Waals surface area (Å²) in [5.74, 6) is 0. The predicted octanol–water partition coefficient (Wildman–Crippen LogP) is 17.6. The van der Waals surface area contributed by atoms with Crippen LogP contribution >= 0.6 is 0 Å². The van der Waals surface area contributed by atoms with Gasteiger partial charge >= 0.3 is 0 Å². The Hall–Kier alpha value is -7.54. The molecule has 302 valence electrons. The fraction of sp³-hybridized carbons (Fsp3) is 0.0938. The van der Waals surface area contributed by atoms with Gasteiger partial charge in [0.15, 0.2) is 0 Å². The highest BCUT2D eigenvalue weighted by atomic mass is 14.4. The summed E-state index contributed by atoms with van der Waals surface area (Å²) in [7, 11) is 0. The van der Waals surface area contributed by atoms with Gasteiger partial charge in [0.05, 0.1) is 0 Å². The minimum absolute atomic E-state index is 0.103. The van der Waals surface area contributed by atoms with Crippen LogP contribution in [0, 0.1) is 0 Å². The van der Waals surface area contributed by atoms with Gasteiger partial charge in [-0.05, 0) is 162 Å². The van der Waals surface area contributed by atoms with Crippen LogP contribution in [0.1, 0.15) is 49.9 Å². The molecule has 0 heteroatoms. The number of rotatable bonds is 4. The van der Waals surface area contributed by atoms with Crippen LogP contribution in [0.15, 0.2) is 206 Å². The topological polar surface area (TPSA) is 0 Å². The molecule has 0 aliphatic heterocycles. The first-order chi connectivity index (χ1) is 31.2. The Labute approximate surface area is 375 Å². The van der Waals surface area contributed by atoms with E-state index >= 15 is 0 Å². The van der Waals surface area contributed by atoms with Gasteiger partial charge in [0.25, 0.3) is 0 Å². The molecule has 2 aliphatic rings. The standard InChI is InChI=1S/C64H46/c1-63(2)57-23-12-11-19-49(57)50-31-29-46(38-59(50)63)62-54-21-10-9-20-53(54)61(55-33-26-43(35-56(55)62)42-25-24-39-14-5-6-16-41(39)34-42)45-28-32-52-51-30-27-44(36-58(51)64(3,4)60(52)37-45)48-22-13-17-40-15-7-8-18-47(40)48/h5-38H,1-4H3. The molecule has 2 aliphatic carbocycles. The van der Waals surface area contributed by atoms with Crippen molar-refractivity contribution in [2.75, 3.05) is 0 Å². The van der Waals surface area contributed by atoms with Crippen LogP contribution in [0.25, 0.3) is 110 Å². The van der Waals surface area contributed by atoms with Gasteiger partial charge in [-0.25, -0.2) is 0 Å². The summed E-state index contributed by atoms with van der Waals surface area (Å²) in [4.78, 5) is 0. The molecule has 0 saturated carbocycles. The van der Waals surface area contributed by atoms with Crippen molar-refractivity contribution in [3.05, 3.63) is 229 Å². The van der Waals surface area contributed by atoms with Gasteiger partial charge in [-0.2, -0.15) is 0 Å². The van der Waals surface area contributed by atoms with Crippen molar-refractivity contribution < 1.29 is 0 Å². The second-order valence-corrected chi connectivity index (χ2v) is 19.2. The highest BCUT2D eigenvalue weighted by molar-refractivity contribution is 6.22. The maximum Gasteiger partial charge on any atom is 0.0159 e. The van der Waals surface area contributed by atoms with E-state index in [1.807, 2.05) is 0 Å². The number of fused-ring (bicyclic) bond motifs is 10. The van der Waals surface area contributed by atoms with E-state index in [0.717, 1.165) is 0 Å². The fourth-order valence-electron chi connectivity index (χ4n) is 11.7. The summed E-state index contributed by atoms with van der Waals surface area (Å²) >= 11 is 0. The highest BCUT2D eigenvalue weighted by Crippen LogP contribution is 2.54. The van der Waals surface area contributed by atoms with Crippen molar-refractivity contribution in [2.24, 2.45) is 0 Å². The van der Waals surface area contributed by atoms with E-state index in [1.165, 1.54) is 132 Å². The van der Waals surface area contributed by atoms with Crippen molar-refractivity contribution in [3.8, 4) is 66.8 Å². The lowest BCUT2D eigenvalue weighted by Crippen LogP contribution is -2.15. The Morgan fingerprint density at radius 1 is 0.234 bits per heavy atom. The third kappa shape index (κ3) is 5.29. The monoisotopic (exact) mass is 814 g/mol. The molecule has 0 radical (unpaired) electrons. The molecule has 11 aromatic carbocycles. The Morgan fingerprint density at radius 2 is 0.672 bits per heavy atom. The lowest BCUT2D eigenvalue weighted by atomic mass is 9.79. The number of hydrogen-bond acceptors (Lipinski definition) is 0. The largest absolute Gasteiger partial charge is 0.0619 e. The second kappa shape index (κ2) is 13.5. The lowest BCUT2D eigenvalue weighted by molar-refractivity contribution is 0.660. The van der Waals surface area contributed by atoms with Crippen molar-refractivity contribution in [3.63, 3.8) is 0 Å². The van der Waals surface area contributed by atoms with Gasteiger partial charge in [0.2, 0.25) is 0 Å². The van der Waals surface area contributed by atoms with E-state index in [4.69, 9.17) is 0 Å². The Balaban J connectivity index is 1.03. The molecule has 11 aromatic rings. The summed E-state index contributed by atoms with van der Waals surface area (Å²) < 4.78 is 0. The van der Waals surface area contributed by atoms with E-state index in [0.29, 0.717) is 0 Å². The van der Waals surface area contributed by atoms with E-state index < -0.39 is 0 Å². The molecule has 0 unspecified atom stereocenters. The molecule has 0 spiro atoms. The molecule has 0 saturated heterocycles. The first-order valence-electron chi connectivity index (χ1n) is 22.7. The summed E-state index contributed by atoms with van der Waals surface area (Å²) in [5.41, 5.74) is 20.7. The summed E-state index contributed by atoms with van der Waals surface area (Å²) in [6, 6.07) is 78.0. The van der Waals surface area contributed by atoms with E-state index in [-0.39, 0.29) is 10.8 Å². The number of hydrogen-bond donors (Lipinski definition) is 0. The lowest BCUT2D eigenvalue weighted by Gasteiger charge is -2.24. The third-order valence-corrected chi connectivity index (χ3v) is 15.0. The minimum Gasteiger partial charge on any atom is -0.0619 e. The van der Waals surface area contributed by atoms with Crippen LogP contribution in [0.5, 0.6) is 0 Å². The van der Waals surface area contributed by atoms with Crippen LogP contribution in [0.3, 0.4) is 0 Å². The van der Waals surface area contributed by atoms with Crippen LogP contribution < -0.4 is 0 Å². The first-order valence-corrected chi connectivity index (χ1v) is 22.7. The molecule has 0 fully saturated rings. The second-order valence-electron chi connectivity index (χ2n) is 19.2. The molecule has 0 heterocycles. The predicted molar refractivity (Wildman–Crippen MR) is 273 cm³/mol. The molecule has 0 bridgehead atoms. The maximum atomic E-state index is 2.51. The molecule has 0 atom stereocenters. The van der Waals surface area contributed by atoms with Gasteiger partial charge in [0.1, 0.15) is 0 Å². The normalized spacial score (nSPS) is 14.2. The Bertz CT molecular complexity index is 3770. The molecule has 0 N–H and O–H groups in total. The van der Waals surface area contributed by atoms with Crippen molar-refractivity contribution >= 4 is 43.1 Å². The Kier molecular flexibility index (Phi) is 7.80. The number of benzene rings is 11. The zero-order valence-electron chi connectivity index (χ0n) is 36.6. The summed E-state index contributed by atoms with van der Waals surface area (Å²) in [6.45, 7) is 9.60. The molecule has 64 heavy (non-hydrogen) atoms. The van der Waals surface area contributed by atoms with E-state index in [2.05, 4.69) is 234 Å². The SMILES string of the molecule is CC1(C)c2ccccc2-c2ccc(-c3c4ccccc4c(-c4ccc5c(c4)C(C)(C)c4cc(-c6cccc7ccccc67)ccc4-5)c4ccc(-c5ccc6ccccc6c5)cc34)cc21. The molecular formula is C64H46. The zero-order chi connectivity index (χ0) is 42.9. The summed E-state index contributed by atoms with van der Waals surface area (Å²) in [6.07, 6.45) is 0. The van der Waals surface area contributed by atoms with Crippen LogP contribution in [0.4, 0.5) is 0 Å². The third-order valence-electron chi connectivity index (χ3n) is 15.0.